The number of rotatable bonds is 5. The van der Waals surface area contributed by atoms with E-state index in [1.165, 1.54) is 12.1 Å². The second-order valence-electron chi connectivity index (χ2n) is 4.51. The second kappa shape index (κ2) is 6.39. The number of aliphatic hydroxyl groups is 1. The highest BCUT2D eigenvalue weighted by atomic mass is 19.1. The van der Waals surface area contributed by atoms with Crippen molar-refractivity contribution >= 4 is 0 Å². The Morgan fingerprint density at radius 1 is 1.20 bits per heavy atom. The number of halogens is 1. The van der Waals surface area contributed by atoms with E-state index in [9.17, 15) is 9.50 Å². The molecule has 4 heteroatoms. The van der Waals surface area contributed by atoms with Crippen LogP contribution in [0, 0.1) is 5.82 Å². The molecule has 0 saturated carbocycles. The fourth-order valence-electron chi connectivity index (χ4n) is 1.82. The Kier molecular flexibility index (Phi) is 4.58. The highest BCUT2D eigenvalue weighted by molar-refractivity contribution is 5.32. The van der Waals surface area contributed by atoms with Crippen LogP contribution in [0.1, 0.15) is 24.2 Å². The third-order valence-corrected chi connectivity index (χ3v) is 2.97. The van der Waals surface area contributed by atoms with Gasteiger partial charge in [-0.25, -0.2) is 4.39 Å². The van der Waals surface area contributed by atoms with Gasteiger partial charge in [-0.15, -0.1) is 0 Å². The largest absolute Gasteiger partial charge is 0.497 e. The minimum atomic E-state index is -0.697. The van der Waals surface area contributed by atoms with Gasteiger partial charge in [0.2, 0.25) is 0 Å². The van der Waals surface area contributed by atoms with Crippen LogP contribution in [0.25, 0.3) is 0 Å². The number of hydrogen-bond acceptors (Lipinski definition) is 3. The number of hydrogen-bond donors (Lipinski definition) is 1. The molecule has 0 radical (unpaired) electrons. The van der Waals surface area contributed by atoms with Crippen LogP contribution < -0.4 is 9.47 Å². The second-order valence-corrected chi connectivity index (χ2v) is 4.51. The first-order chi connectivity index (χ1) is 9.60. The monoisotopic (exact) mass is 276 g/mol. The van der Waals surface area contributed by atoms with Crippen LogP contribution in [0.3, 0.4) is 0 Å². The van der Waals surface area contributed by atoms with Gasteiger partial charge in [0.1, 0.15) is 12.4 Å². The van der Waals surface area contributed by atoms with Crippen LogP contribution in [0.15, 0.2) is 42.5 Å². The summed E-state index contributed by atoms with van der Waals surface area (Å²) in [6.07, 6.45) is -0.697. The first-order valence-corrected chi connectivity index (χ1v) is 6.33. The first kappa shape index (κ1) is 14.3. The van der Waals surface area contributed by atoms with Gasteiger partial charge in [-0.05, 0) is 42.3 Å². The normalized spacial score (nSPS) is 12.0. The molecule has 0 spiro atoms. The molecule has 0 bridgehead atoms. The lowest BCUT2D eigenvalue weighted by molar-refractivity contribution is 0.198. The summed E-state index contributed by atoms with van der Waals surface area (Å²) in [4.78, 5) is 0. The Morgan fingerprint density at radius 3 is 2.65 bits per heavy atom. The van der Waals surface area contributed by atoms with E-state index in [-0.39, 0.29) is 12.4 Å². The van der Waals surface area contributed by atoms with Crippen molar-refractivity contribution in [3.05, 3.63) is 59.4 Å². The summed E-state index contributed by atoms with van der Waals surface area (Å²) in [5.41, 5.74) is 1.42. The molecule has 106 valence electrons. The third-order valence-electron chi connectivity index (χ3n) is 2.97. The Balaban J connectivity index is 2.07. The molecule has 2 aromatic rings. The molecule has 0 aliphatic carbocycles. The van der Waals surface area contributed by atoms with E-state index >= 15 is 0 Å². The van der Waals surface area contributed by atoms with Crippen molar-refractivity contribution in [1.29, 1.82) is 0 Å². The number of benzene rings is 2. The van der Waals surface area contributed by atoms with Crippen LogP contribution in [0.2, 0.25) is 0 Å². The maximum absolute atomic E-state index is 13.8. The van der Waals surface area contributed by atoms with Crippen molar-refractivity contribution < 1.29 is 19.0 Å². The van der Waals surface area contributed by atoms with E-state index in [0.29, 0.717) is 5.56 Å². The Morgan fingerprint density at radius 2 is 2.00 bits per heavy atom. The van der Waals surface area contributed by atoms with Gasteiger partial charge < -0.3 is 14.6 Å². The zero-order chi connectivity index (χ0) is 14.5. The van der Waals surface area contributed by atoms with Gasteiger partial charge >= 0.3 is 0 Å². The Labute approximate surface area is 117 Å². The predicted molar refractivity (Wildman–Crippen MR) is 74.4 cm³/mol. The first-order valence-electron chi connectivity index (χ1n) is 6.33. The molecule has 0 fully saturated rings. The molecule has 1 atom stereocenters. The molecule has 0 unspecified atom stereocenters. The van der Waals surface area contributed by atoms with E-state index < -0.39 is 11.9 Å². The van der Waals surface area contributed by atoms with E-state index in [1.807, 2.05) is 24.3 Å². The van der Waals surface area contributed by atoms with Crippen molar-refractivity contribution in [1.82, 2.24) is 0 Å². The lowest BCUT2D eigenvalue weighted by Crippen LogP contribution is -1.99. The molecule has 3 nitrogen and oxygen atoms in total. The van der Waals surface area contributed by atoms with E-state index in [1.54, 1.807) is 20.1 Å². The van der Waals surface area contributed by atoms with Crippen molar-refractivity contribution in [2.24, 2.45) is 0 Å². The molecule has 1 N–H and O–H groups in total. The fourth-order valence-corrected chi connectivity index (χ4v) is 1.82. The molecule has 2 aromatic carbocycles. The van der Waals surface area contributed by atoms with Gasteiger partial charge in [-0.3, -0.25) is 0 Å². The topological polar surface area (TPSA) is 38.7 Å². The lowest BCUT2D eigenvalue weighted by atomic mass is 10.1. The number of aliphatic hydroxyl groups excluding tert-OH is 1. The smallest absolute Gasteiger partial charge is 0.165 e. The van der Waals surface area contributed by atoms with Crippen LogP contribution in [-0.4, -0.2) is 12.2 Å². The molecule has 0 aliphatic rings. The van der Waals surface area contributed by atoms with Crippen LogP contribution in [0.5, 0.6) is 11.5 Å². The van der Waals surface area contributed by atoms with Crippen molar-refractivity contribution in [3.63, 3.8) is 0 Å². The summed E-state index contributed by atoms with van der Waals surface area (Å²) in [5, 5.41) is 9.38. The molecular weight excluding hydrogens is 259 g/mol. The standard InChI is InChI=1S/C16H17FO3/c1-11(18)13-6-7-16(15(17)9-13)20-10-12-4-3-5-14(8-12)19-2/h3-9,11,18H,10H2,1-2H3/t11-/m1/s1. The van der Waals surface area contributed by atoms with E-state index in [4.69, 9.17) is 9.47 Å². The van der Waals surface area contributed by atoms with Crippen LogP contribution in [-0.2, 0) is 6.61 Å². The predicted octanol–water partition coefficient (Wildman–Crippen LogP) is 3.47. The summed E-state index contributed by atoms with van der Waals surface area (Å²) in [5.74, 6) is 0.416. The molecule has 0 saturated heterocycles. The summed E-state index contributed by atoms with van der Waals surface area (Å²) >= 11 is 0. The molecule has 20 heavy (non-hydrogen) atoms. The van der Waals surface area contributed by atoms with Crippen molar-refractivity contribution in [3.8, 4) is 11.5 Å². The van der Waals surface area contributed by atoms with Gasteiger partial charge in [0, 0.05) is 0 Å². The quantitative estimate of drug-likeness (QED) is 0.908. The van der Waals surface area contributed by atoms with Crippen molar-refractivity contribution in [2.45, 2.75) is 19.6 Å². The summed E-state index contributed by atoms with van der Waals surface area (Å²) in [7, 11) is 1.59. The molecule has 0 aliphatic heterocycles. The zero-order valence-electron chi connectivity index (χ0n) is 11.5. The minimum Gasteiger partial charge on any atom is -0.497 e. The third kappa shape index (κ3) is 3.48. The lowest BCUT2D eigenvalue weighted by Gasteiger charge is -2.10. The highest BCUT2D eigenvalue weighted by Crippen LogP contribution is 2.23. The molecule has 0 amide bonds. The summed E-state index contributed by atoms with van der Waals surface area (Å²) in [6.45, 7) is 1.84. The maximum Gasteiger partial charge on any atom is 0.165 e. The van der Waals surface area contributed by atoms with Gasteiger partial charge in [0.15, 0.2) is 11.6 Å². The fraction of sp³-hybridized carbons (Fsp3) is 0.250. The molecule has 2 rings (SSSR count). The van der Waals surface area contributed by atoms with Crippen molar-refractivity contribution in [2.75, 3.05) is 7.11 Å². The van der Waals surface area contributed by atoms with Crippen LogP contribution in [0.4, 0.5) is 4.39 Å². The summed E-state index contributed by atoms with van der Waals surface area (Å²) < 4.78 is 24.4. The number of ether oxygens (including phenoxy) is 2. The SMILES string of the molecule is COc1cccc(COc2ccc([C@@H](C)O)cc2F)c1. The maximum atomic E-state index is 13.8. The highest BCUT2D eigenvalue weighted by Gasteiger charge is 2.08. The minimum absolute atomic E-state index is 0.164. The van der Waals surface area contributed by atoms with Gasteiger partial charge in [0.25, 0.3) is 0 Å². The number of methoxy groups -OCH3 is 1. The zero-order valence-corrected chi connectivity index (χ0v) is 11.5. The average molecular weight is 276 g/mol. The van der Waals surface area contributed by atoms with E-state index in [2.05, 4.69) is 0 Å². The summed E-state index contributed by atoms with van der Waals surface area (Å²) in [6, 6.07) is 11.9. The van der Waals surface area contributed by atoms with Gasteiger partial charge in [0.05, 0.1) is 13.2 Å². The van der Waals surface area contributed by atoms with E-state index in [0.717, 1.165) is 11.3 Å². The average Bonchev–Trinajstić information content (AvgIpc) is 2.46. The Hall–Kier alpha value is -2.07. The molecule has 0 aromatic heterocycles. The molecular formula is C16H17FO3. The Bertz CT molecular complexity index is 582. The molecule has 0 heterocycles. The van der Waals surface area contributed by atoms with Crippen LogP contribution >= 0.6 is 0 Å². The van der Waals surface area contributed by atoms with Gasteiger partial charge in [-0.1, -0.05) is 18.2 Å². The van der Waals surface area contributed by atoms with Gasteiger partial charge in [-0.2, -0.15) is 0 Å².